The number of aliphatic carboxylic acids is 1. The summed E-state index contributed by atoms with van der Waals surface area (Å²) in [6.45, 7) is 23.9. The van der Waals surface area contributed by atoms with E-state index in [0.717, 1.165) is 70.6 Å². The van der Waals surface area contributed by atoms with Gasteiger partial charge in [-0.05, 0) is 148 Å². The Morgan fingerprint density at radius 1 is 0.815 bits per heavy atom. The molecular formula is C46H78N2O6. The minimum atomic E-state index is -1.10. The Hall–Kier alpha value is -1.93. The number of carbonyl (C=O) groups is 3. The normalized spacial score (nSPS) is 39.3. The predicted octanol–water partition coefficient (Wildman–Crippen LogP) is 8.83. The summed E-state index contributed by atoms with van der Waals surface area (Å²) >= 11 is 0. The highest BCUT2D eigenvalue weighted by Gasteiger charge is 2.71. The van der Waals surface area contributed by atoms with Crippen LogP contribution in [0.3, 0.4) is 0 Å². The first-order valence-electron chi connectivity index (χ1n) is 22.1. The van der Waals surface area contributed by atoms with Crippen molar-refractivity contribution in [1.29, 1.82) is 0 Å². The van der Waals surface area contributed by atoms with Gasteiger partial charge in [0.05, 0.1) is 30.1 Å². The van der Waals surface area contributed by atoms with Crippen LogP contribution in [0.4, 0.5) is 0 Å². The molecule has 0 radical (unpaired) electrons. The standard InChI is InChI=1S/C46H78N2O6/c1-29(2)27-33(34(49)28-39(52)53)48-38(51)15-13-11-10-12-14-26-47-41(54)46-23-18-31(30(3)4)40(46)32-16-17-36-43(7)21-20-37(50)42(5,6)35(43)19-22-45(36,9)44(32,8)24-25-46/h29,31-37,40,49-50H,3,10-28H2,1-2,4-9H3,(H,47,54)(H,48,51)(H,52,53)/t31-,32+,33-,34-,35-,36?,37-,40+,43-,44+,45+,46-/m0/s1. The Bertz CT molecular complexity index is 1380. The van der Waals surface area contributed by atoms with Gasteiger partial charge in [0.2, 0.25) is 11.8 Å². The smallest absolute Gasteiger partial charge is 0.306 e. The first kappa shape index (κ1) is 43.2. The average Bonchev–Trinajstić information content (AvgIpc) is 3.49. The van der Waals surface area contributed by atoms with E-state index in [1.165, 1.54) is 31.3 Å². The fourth-order valence-electron chi connectivity index (χ4n) is 14.3. The minimum absolute atomic E-state index is 0.0488. The number of hydrogen-bond donors (Lipinski definition) is 5. The number of hydrogen-bond acceptors (Lipinski definition) is 5. The number of aliphatic hydroxyl groups excluding tert-OH is 2. The number of amides is 2. The Morgan fingerprint density at radius 2 is 1.50 bits per heavy atom. The summed E-state index contributed by atoms with van der Waals surface area (Å²) in [5, 5.41) is 36.8. The lowest BCUT2D eigenvalue weighted by Gasteiger charge is -2.72. The van der Waals surface area contributed by atoms with Crippen molar-refractivity contribution in [2.24, 2.45) is 62.6 Å². The van der Waals surface area contributed by atoms with Crippen molar-refractivity contribution in [3.8, 4) is 0 Å². The number of fused-ring (bicyclic) bond motifs is 7. The van der Waals surface area contributed by atoms with Gasteiger partial charge in [-0.1, -0.05) is 79.9 Å². The molecular weight excluding hydrogens is 677 g/mol. The molecule has 0 aliphatic heterocycles. The minimum Gasteiger partial charge on any atom is -0.481 e. The van der Waals surface area contributed by atoms with Gasteiger partial charge in [0.15, 0.2) is 0 Å². The molecule has 0 spiro atoms. The fourth-order valence-corrected chi connectivity index (χ4v) is 14.3. The lowest BCUT2D eigenvalue weighted by Crippen LogP contribution is -2.67. The molecule has 5 saturated carbocycles. The summed E-state index contributed by atoms with van der Waals surface area (Å²) in [5.74, 6) is 1.75. The van der Waals surface area contributed by atoms with E-state index in [9.17, 15) is 24.6 Å². The summed E-state index contributed by atoms with van der Waals surface area (Å²) in [6.07, 6.45) is 14.8. The monoisotopic (exact) mass is 755 g/mol. The molecule has 8 heteroatoms. The molecule has 0 aromatic rings. The molecule has 1 unspecified atom stereocenters. The largest absolute Gasteiger partial charge is 0.481 e. The number of aliphatic hydroxyl groups is 2. The van der Waals surface area contributed by atoms with Crippen LogP contribution >= 0.6 is 0 Å². The van der Waals surface area contributed by atoms with E-state index in [4.69, 9.17) is 5.11 Å². The van der Waals surface area contributed by atoms with E-state index in [0.29, 0.717) is 49.0 Å². The lowest BCUT2D eigenvalue weighted by molar-refractivity contribution is -0.246. The maximum atomic E-state index is 14.5. The van der Waals surface area contributed by atoms with E-state index < -0.39 is 18.1 Å². The second-order valence-corrected chi connectivity index (χ2v) is 21.0. The van der Waals surface area contributed by atoms with Crippen LogP contribution in [0.25, 0.3) is 0 Å². The summed E-state index contributed by atoms with van der Waals surface area (Å²) in [4.78, 5) is 38.2. The molecule has 5 rings (SSSR count). The maximum Gasteiger partial charge on any atom is 0.306 e. The Labute approximate surface area is 327 Å². The van der Waals surface area contributed by atoms with Gasteiger partial charge in [-0.15, -0.1) is 0 Å². The number of carboxylic acid groups (broad SMARTS) is 1. The fraction of sp³-hybridized carbons (Fsp3) is 0.891. The van der Waals surface area contributed by atoms with Gasteiger partial charge in [-0.25, -0.2) is 0 Å². The van der Waals surface area contributed by atoms with Gasteiger partial charge in [0.25, 0.3) is 0 Å². The van der Waals surface area contributed by atoms with E-state index >= 15 is 0 Å². The van der Waals surface area contributed by atoms with Crippen molar-refractivity contribution < 1.29 is 29.7 Å². The van der Waals surface area contributed by atoms with Crippen molar-refractivity contribution in [1.82, 2.24) is 10.6 Å². The molecule has 2 amide bonds. The summed E-state index contributed by atoms with van der Waals surface area (Å²) in [7, 11) is 0. The van der Waals surface area contributed by atoms with Gasteiger partial charge < -0.3 is 26.0 Å². The van der Waals surface area contributed by atoms with Crippen molar-refractivity contribution in [3.05, 3.63) is 12.2 Å². The maximum absolute atomic E-state index is 14.5. The van der Waals surface area contributed by atoms with Crippen LogP contribution < -0.4 is 10.6 Å². The lowest BCUT2D eigenvalue weighted by atomic mass is 9.32. The molecule has 0 aromatic heterocycles. The molecule has 0 heterocycles. The van der Waals surface area contributed by atoms with Gasteiger partial charge in [-0.3, -0.25) is 14.4 Å². The molecule has 0 bridgehead atoms. The molecule has 0 aromatic carbocycles. The van der Waals surface area contributed by atoms with Gasteiger partial charge in [0, 0.05) is 13.0 Å². The molecule has 5 aliphatic carbocycles. The van der Waals surface area contributed by atoms with Gasteiger partial charge >= 0.3 is 5.97 Å². The number of nitrogens with one attached hydrogen (secondary N) is 2. The van der Waals surface area contributed by atoms with Crippen LogP contribution in [-0.2, 0) is 14.4 Å². The van der Waals surface area contributed by atoms with E-state index in [1.807, 2.05) is 13.8 Å². The summed E-state index contributed by atoms with van der Waals surface area (Å²) in [6, 6.07) is -0.554. The topological polar surface area (TPSA) is 136 Å². The number of unbranched alkanes of at least 4 members (excludes halogenated alkanes) is 4. The first-order valence-corrected chi connectivity index (χ1v) is 22.1. The van der Waals surface area contributed by atoms with Crippen molar-refractivity contribution in [2.45, 2.75) is 189 Å². The first-order chi connectivity index (χ1) is 25.2. The highest BCUT2D eigenvalue weighted by atomic mass is 16.4. The molecule has 8 nitrogen and oxygen atoms in total. The van der Waals surface area contributed by atoms with Crippen LogP contribution in [-0.4, -0.2) is 57.9 Å². The van der Waals surface area contributed by atoms with E-state index in [2.05, 4.69) is 58.8 Å². The quantitative estimate of drug-likeness (QED) is 0.0790. The number of carbonyl (C=O) groups excluding carboxylic acids is 2. The third kappa shape index (κ3) is 7.83. The Morgan fingerprint density at radius 3 is 2.17 bits per heavy atom. The highest BCUT2D eigenvalue weighted by Crippen LogP contribution is 2.77. The molecule has 54 heavy (non-hydrogen) atoms. The van der Waals surface area contributed by atoms with Crippen LogP contribution in [0.15, 0.2) is 12.2 Å². The van der Waals surface area contributed by atoms with Crippen molar-refractivity contribution in [2.75, 3.05) is 6.54 Å². The zero-order valence-electron chi connectivity index (χ0n) is 35.4. The predicted molar refractivity (Wildman–Crippen MR) is 215 cm³/mol. The zero-order chi connectivity index (χ0) is 39.9. The third-order valence-corrected chi connectivity index (χ3v) is 17.3. The van der Waals surface area contributed by atoms with Gasteiger partial charge in [-0.2, -0.15) is 0 Å². The van der Waals surface area contributed by atoms with Crippen LogP contribution in [0.5, 0.6) is 0 Å². The third-order valence-electron chi connectivity index (χ3n) is 17.3. The number of carboxylic acids is 1. The van der Waals surface area contributed by atoms with Crippen LogP contribution in [0.2, 0.25) is 0 Å². The van der Waals surface area contributed by atoms with Crippen LogP contribution in [0, 0.1) is 62.6 Å². The molecule has 5 fully saturated rings. The SMILES string of the molecule is C=C(C)[C@@H]1CC[C@]2(C(=O)NCCCCCCCC(=O)N[C@@H](CC(C)C)[C@@H](O)CC(=O)O)CC[C@]3(C)[C@H](CCC4[C@@]5(C)CC[C@H](O)C(C)(C)[C@@H]5CC[C@]43C)[C@@H]12. The molecule has 5 aliphatic rings. The molecule has 0 saturated heterocycles. The van der Waals surface area contributed by atoms with E-state index in [1.54, 1.807) is 0 Å². The van der Waals surface area contributed by atoms with Crippen molar-refractivity contribution in [3.63, 3.8) is 0 Å². The van der Waals surface area contributed by atoms with Crippen molar-refractivity contribution >= 4 is 17.8 Å². The Kier molecular flexibility index (Phi) is 13.2. The van der Waals surface area contributed by atoms with E-state index in [-0.39, 0.29) is 57.3 Å². The van der Waals surface area contributed by atoms with Crippen LogP contribution in [0.1, 0.15) is 171 Å². The average molecular weight is 755 g/mol. The Balaban J connectivity index is 1.15. The number of allylic oxidation sites excluding steroid dienone is 1. The second kappa shape index (κ2) is 16.5. The van der Waals surface area contributed by atoms with Gasteiger partial charge in [0.1, 0.15) is 0 Å². The summed E-state index contributed by atoms with van der Waals surface area (Å²) in [5.41, 5.74) is 1.55. The summed E-state index contributed by atoms with van der Waals surface area (Å²) < 4.78 is 0. The molecule has 308 valence electrons. The second-order valence-electron chi connectivity index (χ2n) is 21.0. The molecule has 5 N–H and O–H groups in total. The number of rotatable bonds is 16. The highest BCUT2D eigenvalue weighted by molar-refractivity contribution is 5.84. The zero-order valence-corrected chi connectivity index (χ0v) is 35.4. The molecule has 12 atom stereocenters.